The minimum absolute atomic E-state index is 0.0735. The van der Waals surface area contributed by atoms with Gasteiger partial charge in [-0.3, -0.25) is 4.79 Å². The van der Waals surface area contributed by atoms with E-state index in [9.17, 15) is 14.3 Å². The zero-order valence-corrected chi connectivity index (χ0v) is 12.2. The van der Waals surface area contributed by atoms with Gasteiger partial charge in [-0.2, -0.15) is 0 Å². The Morgan fingerprint density at radius 1 is 1.29 bits per heavy atom. The lowest BCUT2D eigenvalue weighted by molar-refractivity contribution is -0.138. The minimum Gasteiger partial charge on any atom is -0.391 e. The molecule has 3 rings (SSSR count). The molecule has 1 saturated heterocycles. The summed E-state index contributed by atoms with van der Waals surface area (Å²) in [6.07, 6.45) is 4.92. The van der Waals surface area contributed by atoms with Gasteiger partial charge in [0.25, 0.3) is 0 Å². The van der Waals surface area contributed by atoms with Gasteiger partial charge in [0.15, 0.2) is 0 Å². The summed E-state index contributed by atoms with van der Waals surface area (Å²) in [5, 5.41) is 9.69. The van der Waals surface area contributed by atoms with Crippen LogP contribution in [0.4, 0.5) is 4.39 Å². The Bertz CT molecular complexity index is 525. The molecule has 3 nitrogen and oxygen atoms in total. The van der Waals surface area contributed by atoms with Crippen molar-refractivity contribution < 1.29 is 14.3 Å². The first-order valence-corrected chi connectivity index (χ1v) is 7.85. The smallest absolute Gasteiger partial charge is 0.233 e. The maximum Gasteiger partial charge on any atom is 0.233 e. The van der Waals surface area contributed by atoms with E-state index in [-0.39, 0.29) is 11.7 Å². The molecule has 0 aromatic heterocycles. The number of carbonyl (C=O) groups is 1. The van der Waals surface area contributed by atoms with Crippen molar-refractivity contribution in [3.8, 4) is 0 Å². The van der Waals surface area contributed by atoms with Crippen LogP contribution in [0.3, 0.4) is 0 Å². The summed E-state index contributed by atoms with van der Waals surface area (Å²) in [6.45, 7) is 1.02. The Labute approximate surface area is 124 Å². The normalized spacial score (nSPS) is 25.0. The number of β-amino-alcohol motifs (C(OH)–C–C–N with tert-alkyl or cyclic N) is 1. The maximum absolute atomic E-state index is 13.6. The molecule has 0 bridgehead atoms. The van der Waals surface area contributed by atoms with Gasteiger partial charge in [-0.25, -0.2) is 4.39 Å². The number of likely N-dealkylation sites (tertiary alicyclic amines) is 1. The molecule has 0 radical (unpaired) electrons. The van der Waals surface area contributed by atoms with E-state index in [0.717, 1.165) is 37.7 Å². The van der Waals surface area contributed by atoms with E-state index in [1.807, 2.05) is 6.07 Å². The maximum atomic E-state index is 13.6. The molecule has 1 atom stereocenters. The van der Waals surface area contributed by atoms with Gasteiger partial charge in [0.1, 0.15) is 5.82 Å². The number of rotatable bonds is 2. The molecule has 1 aromatic carbocycles. The van der Waals surface area contributed by atoms with Gasteiger partial charge in [-0.15, -0.1) is 0 Å². The molecule has 2 aliphatic rings. The first-order valence-electron chi connectivity index (χ1n) is 7.85. The number of hydrogen-bond acceptors (Lipinski definition) is 2. The topological polar surface area (TPSA) is 40.5 Å². The van der Waals surface area contributed by atoms with Crippen molar-refractivity contribution >= 4 is 5.91 Å². The van der Waals surface area contributed by atoms with E-state index in [1.54, 1.807) is 11.0 Å². The van der Waals surface area contributed by atoms with Crippen molar-refractivity contribution in [1.29, 1.82) is 0 Å². The molecule has 114 valence electrons. The summed E-state index contributed by atoms with van der Waals surface area (Å²) in [5.41, 5.74) is 0.207. The third kappa shape index (κ3) is 2.69. The second-order valence-corrected chi connectivity index (χ2v) is 6.35. The molecule has 1 N–H and O–H groups in total. The molecular formula is C17H22FNO2. The predicted molar refractivity (Wildman–Crippen MR) is 78.4 cm³/mol. The lowest BCUT2D eigenvalue weighted by Crippen LogP contribution is -2.47. The van der Waals surface area contributed by atoms with Crippen LogP contribution in [0.5, 0.6) is 0 Å². The number of aliphatic hydroxyl groups is 1. The van der Waals surface area contributed by atoms with Crippen molar-refractivity contribution in [2.75, 3.05) is 13.1 Å². The van der Waals surface area contributed by atoms with Crippen LogP contribution in [-0.4, -0.2) is 35.1 Å². The first-order chi connectivity index (χ1) is 10.1. The van der Waals surface area contributed by atoms with Crippen LogP contribution in [0.25, 0.3) is 0 Å². The number of benzene rings is 1. The Morgan fingerprint density at radius 2 is 2.05 bits per heavy atom. The number of aliphatic hydroxyl groups excluding tert-OH is 1. The van der Waals surface area contributed by atoms with Gasteiger partial charge in [0.05, 0.1) is 11.5 Å². The van der Waals surface area contributed by atoms with Crippen LogP contribution in [0.2, 0.25) is 0 Å². The fourth-order valence-corrected chi connectivity index (χ4v) is 3.80. The average molecular weight is 291 g/mol. The fourth-order valence-electron chi connectivity index (χ4n) is 3.80. The molecule has 1 saturated carbocycles. The van der Waals surface area contributed by atoms with Gasteiger partial charge in [0, 0.05) is 13.1 Å². The van der Waals surface area contributed by atoms with Crippen LogP contribution in [0, 0.1) is 5.82 Å². The highest BCUT2D eigenvalue weighted by molar-refractivity contribution is 5.88. The van der Waals surface area contributed by atoms with Crippen molar-refractivity contribution in [2.45, 2.75) is 50.0 Å². The van der Waals surface area contributed by atoms with Gasteiger partial charge in [0.2, 0.25) is 5.91 Å². The molecule has 1 heterocycles. The highest BCUT2D eigenvalue weighted by Gasteiger charge is 2.44. The largest absolute Gasteiger partial charge is 0.391 e. The predicted octanol–water partition coefficient (Wildman–Crippen LogP) is 2.62. The number of carbonyl (C=O) groups excluding carboxylic acids is 1. The molecule has 0 spiro atoms. The van der Waals surface area contributed by atoms with E-state index in [1.165, 1.54) is 12.1 Å². The number of amides is 1. The molecule has 1 aromatic rings. The third-order valence-corrected chi connectivity index (χ3v) is 4.94. The molecule has 1 aliphatic heterocycles. The molecule has 1 amide bonds. The molecule has 1 aliphatic carbocycles. The zero-order chi connectivity index (χ0) is 14.9. The summed E-state index contributed by atoms with van der Waals surface area (Å²) >= 11 is 0. The quantitative estimate of drug-likeness (QED) is 0.910. The summed E-state index contributed by atoms with van der Waals surface area (Å²) in [6, 6.07) is 6.49. The van der Waals surface area contributed by atoms with Gasteiger partial charge in [-0.05, 0) is 37.0 Å². The summed E-state index contributed by atoms with van der Waals surface area (Å²) in [5.74, 6) is -0.212. The average Bonchev–Trinajstić information content (AvgIpc) is 2.94. The minimum atomic E-state index is -0.593. The second-order valence-electron chi connectivity index (χ2n) is 6.35. The van der Waals surface area contributed by atoms with Crippen molar-refractivity contribution in [3.63, 3.8) is 0 Å². The lowest BCUT2D eigenvalue weighted by atomic mass is 9.68. The highest BCUT2D eigenvalue weighted by Crippen LogP contribution is 2.41. The van der Waals surface area contributed by atoms with Crippen LogP contribution < -0.4 is 0 Å². The van der Waals surface area contributed by atoms with Crippen LogP contribution in [0.1, 0.15) is 44.1 Å². The lowest BCUT2D eigenvalue weighted by Gasteiger charge is -2.39. The second kappa shape index (κ2) is 5.76. The summed E-state index contributed by atoms with van der Waals surface area (Å²) in [7, 11) is 0. The Balaban J connectivity index is 1.95. The van der Waals surface area contributed by atoms with Crippen LogP contribution in [-0.2, 0) is 10.2 Å². The third-order valence-electron chi connectivity index (χ3n) is 4.94. The van der Waals surface area contributed by atoms with E-state index in [2.05, 4.69) is 0 Å². The van der Waals surface area contributed by atoms with Crippen molar-refractivity contribution in [2.24, 2.45) is 0 Å². The van der Waals surface area contributed by atoms with Crippen LogP contribution in [0.15, 0.2) is 24.3 Å². The Morgan fingerprint density at radius 3 is 2.67 bits per heavy atom. The van der Waals surface area contributed by atoms with Crippen molar-refractivity contribution in [1.82, 2.24) is 4.90 Å². The highest BCUT2D eigenvalue weighted by atomic mass is 19.1. The van der Waals surface area contributed by atoms with E-state index >= 15 is 0 Å². The SMILES string of the molecule is O=C(N1CC[C@@H](O)C1)C1(c2cccc(F)c2)CCCCC1. The van der Waals surface area contributed by atoms with Crippen LogP contribution >= 0.6 is 0 Å². The zero-order valence-electron chi connectivity index (χ0n) is 12.2. The van der Waals surface area contributed by atoms with E-state index < -0.39 is 11.5 Å². The first kappa shape index (κ1) is 14.5. The molecule has 21 heavy (non-hydrogen) atoms. The van der Waals surface area contributed by atoms with Gasteiger partial charge >= 0.3 is 0 Å². The molecular weight excluding hydrogens is 269 g/mol. The Hall–Kier alpha value is -1.42. The molecule has 0 unspecified atom stereocenters. The van der Waals surface area contributed by atoms with Gasteiger partial charge in [-0.1, -0.05) is 31.4 Å². The number of hydrogen-bond donors (Lipinski definition) is 1. The van der Waals surface area contributed by atoms with Gasteiger partial charge < -0.3 is 10.0 Å². The number of nitrogens with zero attached hydrogens (tertiary/aromatic N) is 1. The summed E-state index contributed by atoms with van der Waals surface area (Å²) < 4.78 is 13.6. The molecule has 4 heteroatoms. The van der Waals surface area contributed by atoms with E-state index in [0.29, 0.717) is 19.5 Å². The number of halogens is 1. The monoisotopic (exact) mass is 291 g/mol. The molecule has 2 fully saturated rings. The van der Waals surface area contributed by atoms with E-state index in [4.69, 9.17) is 0 Å². The standard InChI is InChI=1S/C17H22FNO2/c18-14-6-4-5-13(11-14)17(8-2-1-3-9-17)16(21)19-10-7-15(20)12-19/h4-6,11,15,20H,1-3,7-10,12H2/t15-/m1/s1. The van der Waals surface area contributed by atoms with Crippen molar-refractivity contribution in [3.05, 3.63) is 35.6 Å². The fraction of sp³-hybridized carbons (Fsp3) is 0.588. The summed E-state index contributed by atoms with van der Waals surface area (Å²) in [4.78, 5) is 14.8. The Kier molecular flexibility index (Phi) is 3.98.